The Morgan fingerprint density at radius 3 is 2.33 bits per heavy atom. The molecule has 0 unspecified atom stereocenters. The van der Waals surface area contributed by atoms with Crippen molar-refractivity contribution in [3.05, 3.63) is 18.1 Å². The molecule has 1 aromatic rings. The lowest BCUT2D eigenvalue weighted by Gasteiger charge is -2.49. The molecule has 118 valence electrons. The van der Waals surface area contributed by atoms with Gasteiger partial charge >= 0.3 is 0 Å². The van der Waals surface area contributed by atoms with Gasteiger partial charge in [-0.2, -0.15) is 0 Å². The maximum Gasteiger partial charge on any atom is 0.146 e. The van der Waals surface area contributed by atoms with Crippen molar-refractivity contribution in [3.8, 4) is 0 Å². The Morgan fingerprint density at radius 1 is 1.19 bits per heavy atom. The normalized spacial score (nSPS) is 17.1. The van der Waals surface area contributed by atoms with E-state index in [1.54, 1.807) is 0 Å². The van der Waals surface area contributed by atoms with Crippen molar-refractivity contribution < 1.29 is 0 Å². The minimum Gasteiger partial charge on any atom is -0.357 e. The average Bonchev–Trinajstić information content (AvgIpc) is 2.40. The fraction of sp³-hybridized carbons (Fsp3) is 0.750. The molecular weight excluding hydrogens is 262 g/mol. The second kappa shape index (κ2) is 6.71. The molecule has 0 radical (unpaired) electrons. The SMILES string of the molecule is CC(C)NCc1cnc(N(C)CC2(N(C)C)CCC2)cn1. The molecule has 1 aliphatic rings. The molecule has 1 fully saturated rings. The maximum atomic E-state index is 4.56. The van der Waals surface area contributed by atoms with Crippen molar-refractivity contribution >= 4 is 5.82 Å². The summed E-state index contributed by atoms with van der Waals surface area (Å²) in [5.41, 5.74) is 1.31. The van der Waals surface area contributed by atoms with Gasteiger partial charge in [-0.25, -0.2) is 4.98 Å². The van der Waals surface area contributed by atoms with Crippen molar-refractivity contribution in [2.75, 3.05) is 32.6 Å². The van der Waals surface area contributed by atoms with E-state index < -0.39 is 0 Å². The fourth-order valence-corrected chi connectivity index (χ4v) is 2.80. The number of likely N-dealkylation sites (N-methyl/N-ethyl adjacent to an activating group) is 2. The summed E-state index contributed by atoms with van der Waals surface area (Å²) in [6.07, 6.45) is 7.64. The second-order valence-electron chi connectivity index (χ2n) is 6.73. The first-order valence-corrected chi connectivity index (χ1v) is 7.86. The quantitative estimate of drug-likeness (QED) is 0.831. The van der Waals surface area contributed by atoms with Crippen LogP contribution in [0, 0.1) is 0 Å². The number of nitrogens with one attached hydrogen (secondary N) is 1. The molecule has 21 heavy (non-hydrogen) atoms. The van der Waals surface area contributed by atoms with Crippen LogP contribution in [0.5, 0.6) is 0 Å². The van der Waals surface area contributed by atoms with Crippen LogP contribution in [0.2, 0.25) is 0 Å². The fourth-order valence-electron chi connectivity index (χ4n) is 2.80. The van der Waals surface area contributed by atoms with Gasteiger partial charge < -0.3 is 15.1 Å². The molecule has 0 aromatic carbocycles. The Balaban J connectivity index is 1.95. The van der Waals surface area contributed by atoms with Crippen LogP contribution in [-0.2, 0) is 6.54 Å². The Hall–Kier alpha value is -1.20. The van der Waals surface area contributed by atoms with Gasteiger partial charge in [-0.15, -0.1) is 0 Å². The third-order valence-electron chi connectivity index (χ3n) is 4.54. The van der Waals surface area contributed by atoms with Gasteiger partial charge in [-0.1, -0.05) is 13.8 Å². The molecular formula is C16H29N5. The van der Waals surface area contributed by atoms with Crippen molar-refractivity contribution in [1.29, 1.82) is 0 Å². The second-order valence-corrected chi connectivity index (χ2v) is 6.73. The van der Waals surface area contributed by atoms with Crippen molar-refractivity contribution in [2.24, 2.45) is 0 Å². The van der Waals surface area contributed by atoms with Gasteiger partial charge in [0, 0.05) is 31.7 Å². The van der Waals surface area contributed by atoms with Crippen LogP contribution in [0.1, 0.15) is 38.8 Å². The van der Waals surface area contributed by atoms with Crippen LogP contribution in [-0.4, -0.2) is 54.1 Å². The van der Waals surface area contributed by atoms with Crippen LogP contribution >= 0.6 is 0 Å². The van der Waals surface area contributed by atoms with Gasteiger partial charge in [0.05, 0.1) is 18.1 Å². The van der Waals surface area contributed by atoms with Gasteiger partial charge in [0.25, 0.3) is 0 Å². The number of hydrogen-bond donors (Lipinski definition) is 1. The minimum absolute atomic E-state index is 0.314. The molecule has 0 saturated heterocycles. The molecule has 0 spiro atoms. The van der Waals surface area contributed by atoms with Gasteiger partial charge in [0.15, 0.2) is 0 Å². The molecule has 1 aliphatic carbocycles. The van der Waals surface area contributed by atoms with Crippen LogP contribution in [0.3, 0.4) is 0 Å². The summed E-state index contributed by atoms with van der Waals surface area (Å²) in [4.78, 5) is 13.7. The van der Waals surface area contributed by atoms with E-state index >= 15 is 0 Å². The highest BCUT2D eigenvalue weighted by atomic mass is 15.3. The van der Waals surface area contributed by atoms with E-state index in [9.17, 15) is 0 Å². The lowest BCUT2D eigenvalue weighted by molar-refractivity contribution is 0.0681. The molecule has 0 aliphatic heterocycles. The summed E-state index contributed by atoms with van der Waals surface area (Å²) in [7, 11) is 6.47. The Bertz CT molecular complexity index is 436. The smallest absolute Gasteiger partial charge is 0.146 e. The molecule has 2 rings (SSSR count). The zero-order valence-electron chi connectivity index (χ0n) is 14.1. The first-order chi connectivity index (χ1) is 9.93. The molecule has 0 atom stereocenters. The lowest BCUT2D eigenvalue weighted by Crippen LogP contribution is -2.56. The third-order valence-corrected chi connectivity index (χ3v) is 4.54. The van der Waals surface area contributed by atoms with Crippen molar-refractivity contribution in [2.45, 2.75) is 51.2 Å². The van der Waals surface area contributed by atoms with Gasteiger partial charge in [-0.3, -0.25) is 4.98 Å². The van der Waals surface area contributed by atoms with E-state index in [1.165, 1.54) is 19.3 Å². The molecule has 0 bridgehead atoms. The largest absolute Gasteiger partial charge is 0.357 e. The monoisotopic (exact) mass is 291 g/mol. The molecule has 1 aromatic heterocycles. The van der Waals surface area contributed by atoms with E-state index in [2.05, 4.69) is 60.1 Å². The molecule has 5 nitrogen and oxygen atoms in total. The first kappa shape index (κ1) is 16.2. The zero-order chi connectivity index (χ0) is 15.5. The first-order valence-electron chi connectivity index (χ1n) is 7.86. The Kier molecular flexibility index (Phi) is 5.17. The van der Waals surface area contributed by atoms with E-state index in [-0.39, 0.29) is 0 Å². The summed E-state index contributed by atoms with van der Waals surface area (Å²) in [6.45, 7) is 6.05. The number of nitrogens with zero attached hydrogens (tertiary/aromatic N) is 4. The maximum absolute atomic E-state index is 4.56. The third kappa shape index (κ3) is 3.92. The average molecular weight is 291 g/mol. The molecule has 1 N–H and O–H groups in total. The van der Waals surface area contributed by atoms with Crippen molar-refractivity contribution in [1.82, 2.24) is 20.2 Å². The summed E-state index contributed by atoms with van der Waals surface area (Å²) >= 11 is 0. The standard InChI is InChI=1S/C16H29N5/c1-13(2)17-9-14-10-19-15(11-18-14)21(5)12-16(20(3)4)7-6-8-16/h10-11,13,17H,6-9,12H2,1-5H3. The van der Waals surface area contributed by atoms with Gasteiger partial charge in [0.1, 0.15) is 5.82 Å². The van der Waals surface area contributed by atoms with Crippen LogP contribution in [0.25, 0.3) is 0 Å². The van der Waals surface area contributed by atoms with E-state index in [4.69, 9.17) is 0 Å². The van der Waals surface area contributed by atoms with Crippen LogP contribution in [0.15, 0.2) is 12.4 Å². The molecule has 0 amide bonds. The number of hydrogen-bond acceptors (Lipinski definition) is 5. The summed E-state index contributed by atoms with van der Waals surface area (Å²) in [5.74, 6) is 0.955. The lowest BCUT2D eigenvalue weighted by atomic mass is 9.75. The predicted molar refractivity (Wildman–Crippen MR) is 87.5 cm³/mol. The van der Waals surface area contributed by atoms with Crippen molar-refractivity contribution in [3.63, 3.8) is 0 Å². The Labute approximate surface area is 128 Å². The van der Waals surface area contributed by atoms with E-state index in [0.717, 1.165) is 24.6 Å². The van der Waals surface area contributed by atoms with Crippen LogP contribution < -0.4 is 10.2 Å². The minimum atomic E-state index is 0.314. The highest BCUT2D eigenvalue weighted by Gasteiger charge is 2.40. The number of aromatic nitrogens is 2. The Morgan fingerprint density at radius 2 is 1.90 bits per heavy atom. The van der Waals surface area contributed by atoms with Gasteiger partial charge in [-0.05, 0) is 33.4 Å². The summed E-state index contributed by atoms with van der Waals surface area (Å²) < 4.78 is 0. The topological polar surface area (TPSA) is 44.3 Å². The highest BCUT2D eigenvalue weighted by Crippen LogP contribution is 2.37. The zero-order valence-corrected chi connectivity index (χ0v) is 14.1. The predicted octanol–water partition coefficient (Wildman–Crippen LogP) is 1.90. The number of rotatable bonds is 7. The van der Waals surface area contributed by atoms with E-state index in [1.807, 2.05) is 12.4 Å². The van der Waals surface area contributed by atoms with Crippen LogP contribution in [0.4, 0.5) is 5.82 Å². The summed E-state index contributed by atoms with van der Waals surface area (Å²) in [5, 5.41) is 3.36. The molecule has 1 heterocycles. The summed E-state index contributed by atoms with van der Waals surface area (Å²) in [6, 6.07) is 0.465. The number of anilines is 1. The molecule has 1 saturated carbocycles. The highest BCUT2D eigenvalue weighted by molar-refractivity contribution is 5.35. The van der Waals surface area contributed by atoms with Gasteiger partial charge in [0.2, 0.25) is 0 Å². The van der Waals surface area contributed by atoms with E-state index in [0.29, 0.717) is 11.6 Å². The molecule has 5 heteroatoms.